The van der Waals surface area contributed by atoms with Crippen LogP contribution in [-0.4, -0.2) is 54.7 Å². The first-order chi connectivity index (χ1) is 8.15. The Balaban J connectivity index is 2.22. The standard InChI is InChI=1S/C12H27NO3Si/c1-12-6-9-13(10-7-12)8-5-11-17(14-2,15-3)16-4/h12H,5-11H2,1-4H3. The van der Waals surface area contributed by atoms with E-state index in [0.29, 0.717) is 0 Å². The van der Waals surface area contributed by atoms with Crippen molar-refractivity contribution in [1.29, 1.82) is 0 Å². The minimum Gasteiger partial charge on any atom is -0.377 e. The van der Waals surface area contributed by atoms with Crippen molar-refractivity contribution < 1.29 is 13.3 Å². The Bertz CT molecular complexity index is 196. The van der Waals surface area contributed by atoms with Gasteiger partial charge in [-0.25, -0.2) is 0 Å². The zero-order valence-corrected chi connectivity index (χ0v) is 12.7. The van der Waals surface area contributed by atoms with Gasteiger partial charge < -0.3 is 18.2 Å². The molecule has 1 heterocycles. The molecule has 0 bridgehead atoms. The highest BCUT2D eigenvalue weighted by atomic mass is 28.4. The van der Waals surface area contributed by atoms with Gasteiger partial charge in [-0.3, -0.25) is 0 Å². The highest BCUT2D eigenvalue weighted by molar-refractivity contribution is 6.60. The largest absolute Gasteiger partial charge is 0.500 e. The van der Waals surface area contributed by atoms with Crippen LogP contribution in [0.4, 0.5) is 0 Å². The van der Waals surface area contributed by atoms with E-state index in [2.05, 4.69) is 11.8 Å². The van der Waals surface area contributed by atoms with Crippen molar-refractivity contribution in [2.75, 3.05) is 41.0 Å². The lowest BCUT2D eigenvalue weighted by molar-refractivity contribution is 0.119. The first kappa shape index (κ1) is 15.1. The minimum atomic E-state index is -2.34. The van der Waals surface area contributed by atoms with Crippen LogP contribution in [0, 0.1) is 5.92 Å². The van der Waals surface area contributed by atoms with Crippen molar-refractivity contribution >= 4 is 8.80 Å². The lowest BCUT2D eigenvalue weighted by atomic mass is 9.99. The second kappa shape index (κ2) is 7.48. The third-order valence-electron chi connectivity index (χ3n) is 3.77. The Morgan fingerprint density at radius 1 is 1.06 bits per heavy atom. The maximum Gasteiger partial charge on any atom is 0.500 e. The predicted octanol–water partition coefficient (Wildman–Crippen LogP) is 1.99. The summed E-state index contributed by atoms with van der Waals surface area (Å²) in [5, 5.41) is 0. The molecule has 0 unspecified atom stereocenters. The average Bonchev–Trinajstić information content (AvgIpc) is 2.38. The molecule has 1 saturated heterocycles. The fourth-order valence-electron chi connectivity index (χ4n) is 2.36. The van der Waals surface area contributed by atoms with Crippen LogP contribution in [0.25, 0.3) is 0 Å². The van der Waals surface area contributed by atoms with Crippen LogP contribution >= 0.6 is 0 Å². The summed E-state index contributed by atoms with van der Waals surface area (Å²) >= 11 is 0. The third-order valence-corrected chi connectivity index (χ3v) is 6.60. The van der Waals surface area contributed by atoms with Gasteiger partial charge >= 0.3 is 8.80 Å². The number of piperidine rings is 1. The topological polar surface area (TPSA) is 30.9 Å². The van der Waals surface area contributed by atoms with E-state index >= 15 is 0 Å². The Kier molecular flexibility index (Phi) is 6.65. The average molecular weight is 261 g/mol. The summed E-state index contributed by atoms with van der Waals surface area (Å²) in [4.78, 5) is 2.54. The van der Waals surface area contributed by atoms with Gasteiger partial charge in [0.1, 0.15) is 0 Å². The highest BCUT2D eigenvalue weighted by Crippen LogP contribution is 2.19. The molecule has 17 heavy (non-hydrogen) atoms. The molecule has 102 valence electrons. The number of hydrogen-bond acceptors (Lipinski definition) is 4. The molecule has 0 atom stereocenters. The first-order valence-electron chi connectivity index (χ1n) is 6.53. The Hall–Kier alpha value is 0.0569. The van der Waals surface area contributed by atoms with Gasteiger partial charge in [0, 0.05) is 27.4 Å². The molecule has 5 heteroatoms. The maximum absolute atomic E-state index is 5.42. The van der Waals surface area contributed by atoms with E-state index in [1.54, 1.807) is 21.3 Å². The molecule has 0 aromatic heterocycles. The summed E-state index contributed by atoms with van der Waals surface area (Å²) in [6, 6.07) is 0.905. The van der Waals surface area contributed by atoms with E-state index in [4.69, 9.17) is 13.3 Å². The van der Waals surface area contributed by atoms with E-state index in [1.165, 1.54) is 25.9 Å². The van der Waals surface area contributed by atoms with Gasteiger partial charge in [-0.15, -0.1) is 0 Å². The van der Waals surface area contributed by atoms with Crippen LogP contribution in [0.2, 0.25) is 6.04 Å². The van der Waals surface area contributed by atoms with Crippen molar-refractivity contribution in [3.8, 4) is 0 Å². The maximum atomic E-state index is 5.42. The molecule has 4 nitrogen and oxygen atoms in total. The van der Waals surface area contributed by atoms with Crippen molar-refractivity contribution in [2.45, 2.75) is 32.2 Å². The summed E-state index contributed by atoms with van der Waals surface area (Å²) in [6.45, 7) is 5.96. The van der Waals surface area contributed by atoms with Crippen molar-refractivity contribution in [3.63, 3.8) is 0 Å². The third kappa shape index (κ3) is 4.67. The molecule has 0 aliphatic carbocycles. The fraction of sp³-hybridized carbons (Fsp3) is 1.00. The normalized spacial score (nSPS) is 19.8. The molecule has 0 radical (unpaired) electrons. The van der Waals surface area contributed by atoms with Gasteiger partial charge in [-0.05, 0) is 44.8 Å². The number of hydrogen-bond donors (Lipinski definition) is 0. The van der Waals surface area contributed by atoms with E-state index in [0.717, 1.165) is 24.9 Å². The summed E-state index contributed by atoms with van der Waals surface area (Å²) < 4.78 is 16.3. The van der Waals surface area contributed by atoms with Crippen LogP contribution in [0.5, 0.6) is 0 Å². The summed E-state index contributed by atoms with van der Waals surface area (Å²) in [7, 11) is 2.70. The van der Waals surface area contributed by atoms with E-state index in [-0.39, 0.29) is 0 Å². The minimum absolute atomic E-state index is 0.900. The van der Waals surface area contributed by atoms with Crippen LogP contribution in [0.1, 0.15) is 26.2 Å². The molecule has 0 N–H and O–H groups in total. The van der Waals surface area contributed by atoms with Gasteiger partial charge in [-0.1, -0.05) is 6.92 Å². The van der Waals surface area contributed by atoms with Crippen molar-refractivity contribution in [2.24, 2.45) is 5.92 Å². The van der Waals surface area contributed by atoms with Crippen LogP contribution in [0.15, 0.2) is 0 Å². The summed E-state index contributed by atoms with van der Waals surface area (Å²) in [5.74, 6) is 0.900. The number of rotatable bonds is 7. The molecular weight excluding hydrogens is 234 g/mol. The van der Waals surface area contributed by atoms with Crippen molar-refractivity contribution in [1.82, 2.24) is 4.90 Å². The highest BCUT2D eigenvalue weighted by Gasteiger charge is 2.37. The summed E-state index contributed by atoms with van der Waals surface area (Å²) in [5.41, 5.74) is 0. The molecule has 1 aliphatic rings. The zero-order chi connectivity index (χ0) is 12.7. The molecular formula is C12H27NO3Si. The molecule has 0 saturated carbocycles. The van der Waals surface area contributed by atoms with Crippen LogP contribution in [-0.2, 0) is 13.3 Å². The van der Waals surface area contributed by atoms with E-state index in [9.17, 15) is 0 Å². The first-order valence-corrected chi connectivity index (χ1v) is 8.47. The predicted molar refractivity (Wildman–Crippen MR) is 71.0 cm³/mol. The van der Waals surface area contributed by atoms with Gasteiger partial charge in [0.15, 0.2) is 0 Å². The lowest BCUT2D eigenvalue weighted by Gasteiger charge is -2.31. The molecule has 0 aromatic rings. The Morgan fingerprint density at radius 2 is 1.59 bits per heavy atom. The van der Waals surface area contributed by atoms with Gasteiger partial charge in [0.25, 0.3) is 0 Å². The van der Waals surface area contributed by atoms with Crippen molar-refractivity contribution in [3.05, 3.63) is 0 Å². The van der Waals surface area contributed by atoms with Gasteiger partial charge in [-0.2, -0.15) is 0 Å². The smallest absolute Gasteiger partial charge is 0.377 e. The number of nitrogens with zero attached hydrogens (tertiary/aromatic N) is 1. The summed E-state index contributed by atoms with van der Waals surface area (Å²) in [6.07, 6.45) is 3.76. The Labute approximate surface area is 107 Å². The molecule has 1 aliphatic heterocycles. The van der Waals surface area contributed by atoms with Crippen LogP contribution < -0.4 is 0 Å². The molecule has 0 amide bonds. The van der Waals surface area contributed by atoms with E-state index in [1.807, 2.05) is 0 Å². The lowest BCUT2D eigenvalue weighted by Crippen LogP contribution is -2.43. The molecule has 0 spiro atoms. The quantitative estimate of drug-likeness (QED) is 0.656. The second-order valence-electron chi connectivity index (χ2n) is 4.92. The van der Waals surface area contributed by atoms with Gasteiger partial charge in [0.05, 0.1) is 0 Å². The number of likely N-dealkylation sites (tertiary alicyclic amines) is 1. The van der Waals surface area contributed by atoms with E-state index < -0.39 is 8.80 Å². The monoisotopic (exact) mass is 261 g/mol. The molecule has 1 rings (SSSR count). The van der Waals surface area contributed by atoms with Crippen LogP contribution in [0.3, 0.4) is 0 Å². The molecule has 1 fully saturated rings. The van der Waals surface area contributed by atoms with Gasteiger partial charge in [0.2, 0.25) is 0 Å². The Morgan fingerprint density at radius 3 is 2.06 bits per heavy atom. The SMILES string of the molecule is CO[Si](CCCN1CCC(C)CC1)(OC)OC. The fourth-order valence-corrected chi connectivity index (χ4v) is 4.06. The second-order valence-corrected chi connectivity index (χ2v) is 8.01. The molecule has 0 aromatic carbocycles. The zero-order valence-electron chi connectivity index (χ0n) is 11.7.